The van der Waals surface area contributed by atoms with E-state index >= 15 is 0 Å². The molecule has 3 nitrogen and oxygen atoms in total. The normalized spacial score (nSPS) is 21.9. The van der Waals surface area contributed by atoms with Gasteiger partial charge in [-0.15, -0.1) is 0 Å². The van der Waals surface area contributed by atoms with Crippen LogP contribution >= 0.6 is 0 Å². The molecule has 2 atom stereocenters. The Kier molecular flexibility index (Phi) is 7.01. The van der Waals surface area contributed by atoms with Gasteiger partial charge in [-0.1, -0.05) is 6.92 Å². The van der Waals surface area contributed by atoms with E-state index in [9.17, 15) is 5.11 Å². The average Bonchev–Trinajstić information content (AvgIpc) is 2.30. The SMILES string of the molecule is CCC(O)CCNC(C)CC1CCOCC1. The van der Waals surface area contributed by atoms with Gasteiger partial charge in [-0.25, -0.2) is 0 Å². The van der Waals surface area contributed by atoms with Gasteiger partial charge in [-0.05, 0) is 51.5 Å². The summed E-state index contributed by atoms with van der Waals surface area (Å²) in [5.41, 5.74) is 0. The van der Waals surface area contributed by atoms with Crippen molar-refractivity contribution < 1.29 is 9.84 Å². The molecule has 1 heterocycles. The Balaban J connectivity index is 2.03. The molecule has 0 radical (unpaired) electrons. The van der Waals surface area contributed by atoms with Crippen LogP contribution in [-0.4, -0.2) is 37.0 Å². The summed E-state index contributed by atoms with van der Waals surface area (Å²) in [5, 5.41) is 12.9. The molecule has 0 aromatic heterocycles. The average molecular weight is 229 g/mol. The maximum atomic E-state index is 9.44. The number of rotatable bonds is 7. The van der Waals surface area contributed by atoms with Crippen LogP contribution in [0, 0.1) is 5.92 Å². The molecule has 0 spiro atoms. The Morgan fingerprint density at radius 1 is 1.38 bits per heavy atom. The molecule has 0 saturated carbocycles. The number of aliphatic hydroxyl groups is 1. The lowest BCUT2D eigenvalue weighted by Gasteiger charge is -2.25. The first kappa shape index (κ1) is 13.9. The van der Waals surface area contributed by atoms with Crippen LogP contribution in [0.4, 0.5) is 0 Å². The van der Waals surface area contributed by atoms with Gasteiger partial charge in [0.25, 0.3) is 0 Å². The van der Waals surface area contributed by atoms with Crippen LogP contribution in [0.15, 0.2) is 0 Å². The van der Waals surface area contributed by atoms with Gasteiger partial charge >= 0.3 is 0 Å². The second-order valence-corrected chi connectivity index (χ2v) is 5.00. The molecule has 3 heteroatoms. The van der Waals surface area contributed by atoms with Crippen molar-refractivity contribution in [1.82, 2.24) is 5.32 Å². The third kappa shape index (κ3) is 5.83. The molecule has 1 rings (SSSR count). The van der Waals surface area contributed by atoms with E-state index in [0.29, 0.717) is 6.04 Å². The van der Waals surface area contributed by atoms with Crippen molar-refractivity contribution in [2.45, 2.75) is 58.1 Å². The van der Waals surface area contributed by atoms with Gasteiger partial charge in [0.2, 0.25) is 0 Å². The molecule has 1 aliphatic heterocycles. The fraction of sp³-hybridized carbons (Fsp3) is 1.00. The molecule has 2 N–H and O–H groups in total. The van der Waals surface area contributed by atoms with E-state index in [4.69, 9.17) is 4.74 Å². The van der Waals surface area contributed by atoms with Gasteiger partial charge in [0.1, 0.15) is 0 Å². The molecular formula is C13H27NO2. The number of aliphatic hydroxyl groups excluding tert-OH is 1. The highest BCUT2D eigenvalue weighted by Crippen LogP contribution is 2.19. The van der Waals surface area contributed by atoms with E-state index < -0.39 is 0 Å². The summed E-state index contributed by atoms with van der Waals surface area (Å²) in [6, 6.07) is 0.562. The molecule has 0 amide bonds. The third-order valence-electron chi connectivity index (χ3n) is 3.47. The smallest absolute Gasteiger partial charge is 0.0549 e. The van der Waals surface area contributed by atoms with Crippen molar-refractivity contribution in [3.05, 3.63) is 0 Å². The van der Waals surface area contributed by atoms with Gasteiger partial charge < -0.3 is 15.2 Å². The van der Waals surface area contributed by atoms with Crippen LogP contribution in [0.25, 0.3) is 0 Å². The van der Waals surface area contributed by atoms with Gasteiger partial charge in [-0.3, -0.25) is 0 Å². The Bertz CT molecular complexity index is 169. The van der Waals surface area contributed by atoms with E-state index in [-0.39, 0.29) is 6.10 Å². The molecule has 0 aromatic rings. The summed E-state index contributed by atoms with van der Waals surface area (Å²) in [6.07, 6.45) is 5.26. The standard InChI is InChI=1S/C13H27NO2/c1-3-13(15)4-7-14-11(2)10-12-5-8-16-9-6-12/h11-15H,3-10H2,1-2H3. The van der Waals surface area contributed by atoms with Crippen molar-refractivity contribution >= 4 is 0 Å². The quantitative estimate of drug-likeness (QED) is 0.701. The number of hydrogen-bond acceptors (Lipinski definition) is 3. The Hall–Kier alpha value is -0.120. The number of hydrogen-bond donors (Lipinski definition) is 2. The summed E-state index contributed by atoms with van der Waals surface area (Å²) in [7, 11) is 0. The first-order valence-electron chi connectivity index (χ1n) is 6.71. The fourth-order valence-corrected chi connectivity index (χ4v) is 2.27. The van der Waals surface area contributed by atoms with E-state index in [1.807, 2.05) is 6.92 Å². The molecule has 1 fully saturated rings. The van der Waals surface area contributed by atoms with Crippen molar-refractivity contribution in [1.29, 1.82) is 0 Å². The van der Waals surface area contributed by atoms with Crippen molar-refractivity contribution in [3.8, 4) is 0 Å². The van der Waals surface area contributed by atoms with Gasteiger partial charge in [0, 0.05) is 19.3 Å². The van der Waals surface area contributed by atoms with E-state index in [1.54, 1.807) is 0 Å². The summed E-state index contributed by atoms with van der Waals surface area (Å²) < 4.78 is 5.35. The highest BCUT2D eigenvalue weighted by molar-refractivity contribution is 4.71. The van der Waals surface area contributed by atoms with Crippen molar-refractivity contribution in [2.75, 3.05) is 19.8 Å². The molecule has 1 saturated heterocycles. The number of nitrogens with one attached hydrogen (secondary N) is 1. The van der Waals surface area contributed by atoms with Gasteiger partial charge in [0.15, 0.2) is 0 Å². The van der Waals surface area contributed by atoms with E-state index in [0.717, 1.165) is 38.5 Å². The molecule has 2 unspecified atom stereocenters. The topological polar surface area (TPSA) is 41.5 Å². The second kappa shape index (κ2) is 8.04. The number of ether oxygens (including phenoxy) is 1. The van der Waals surface area contributed by atoms with Gasteiger partial charge in [-0.2, -0.15) is 0 Å². The van der Waals surface area contributed by atoms with Crippen LogP contribution < -0.4 is 5.32 Å². The minimum atomic E-state index is -0.136. The zero-order valence-corrected chi connectivity index (χ0v) is 10.7. The lowest BCUT2D eigenvalue weighted by Crippen LogP contribution is -2.32. The maximum absolute atomic E-state index is 9.44. The van der Waals surface area contributed by atoms with E-state index in [1.165, 1.54) is 19.3 Å². The highest BCUT2D eigenvalue weighted by atomic mass is 16.5. The predicted octanol–water partition coefficient (Wildman–Crippen LogP) is 1.94. The summed E-state index contributed by atoms with van der Waals surface area (Å²) >= 11 is 0. The zero-order chi connectivity index (χ0) is 11.8. The van der Waals surface area contributed by atoms with Crippen LogP contribution in [-0.2, 0) is 4.74 Å². The summed E-state index contributed by atoms with van der Waals surface area (Å²) in [5.74, 6) is 0.826. The zero-order valence-electron chi connectivity index (χ0n) is 10.7. The molecule has 16 heavy (non-hydrogen) atoms. The molecule has 0 aromatic carbocycles. The molecule has 96 valence electrons. The lowest BCUT2D eigenvalue weighted by molar-refractivity contribution is 0.0610. The van der Waals surface area contributed by atoms with Crippen LogP contribution in [0.2, 0.25) is 0 Å². The lowest BCUT2D eigenvalue weighted by atomic mass is 9.93. The van der Waals surface area contributed by atoms with Crippen LogP contribution in [0.5, 0.6) is 0 Å². The molecule has 0 bridgehead atoms. The monoisotopic (exact) mass is 229 g/mol. The molecular weight excluding hydrogens is 202 g/mol. The fourth-order valence-electron chi connectivity index (χ4n) is 2.27. The molecule has 1 aliphatic rings. The maximum Gasteiger partial charge on any atom is 0.0549 e. The summed E-state index contributed by atoms with van der Waals surface area (Å²) in [6.45, 7) is 7.07. The van der Waals surface area contributed by atoms with E-state index in [2.05, 4.69) is 12.2 Å². The Morgan fingerprint density at radius 2 is 2.06 bits per heavy atom. The largest absolute Gasteiger partial charge is 0.393 e. The second-order valence-electron chi connectivity index (χ2n) is 5.00. The summed E-state index contributed by atoms with van der Waals surface area (Å²) in [4.78, 5) is 0. The Morgan fingerprint density at radius 3 is 2.69 bits per heavy atom. The van der Waals surface area contributed by atoms with Gasteiger partial charge in [0.05, 0.1) is 6.10 Å². The first-order valence-corrected chi connectivity index (χ1v) is 6.71. The molecule has 0 aliphatic carbocycles. The Labute approximate surface area is 99.6 Å². The van der Waals surface area contributed by atoms with Crippen molar-refractivity contribution in [2.24, 2.45) is 5.92 Å². The minimum Gasteiger partial charge on any atom is -0.393 e. The van der Waals surface area contributed by atoms with Crippen LogP contribution in [0.3, 0.4) is 0 Å². The van der Waals surface area contributed by atoms with Crippen molar-refractivity contribution in [3.63, 3.8) is 0 Å². The third-order valence-corrected chi connectivity index (χ3v) is 3.47. The minimum absolute atomic E-state index is 0.136. The first-order chi connectivity index (χ1) is 7.72. The van der Waals surface area contributed by atoms with Crippen LogP contribution in [0.1, 0.15) is 46.0 Å². The predicted molar refractivity (Wildman–Crippen MR) is 66.5 cm³/mol. The highest BCUT2D eigenvalue weighted by Gasteiger charge is 2.16.